The number of hydrogen-bond donors (Lipinski definition) is 0. The van der Waals surface area contributed by atoms with Crippen molar-refractivity contribution in [2.75, 3.05) is 7.05 Å². The molecule has 2 heterocycles. The van der Waals surface area contributed by atoms with E-state index in [0.29, 0.717) is 6.67 Å². The number of aromatic nitrogens is 6. The van der Waals surface area contributed by atoms with Gasteiger partial charge in [0.15, 0.2) is 4.77 Å². The SMILES string of the molecule is Cc1nn(CN(C)[C@@H](C)c2ccc(-n3cncn3)cc2)c(=S)n1Cc1ccccc1. The Morgan fingerprint density at radius 3 is 2.47 bits per heavy atom. The van der Waals surface area contributed by atoms with Crippen molar-refractivity contribution in [1.29, 1.82) is 0 Å². The second-order valence-electron chi connectivity index (χ2n) is 7.41. The van der Waals surface area contributed by atoms with Crippen molar-refractivity contribution in [1.82, 2.24) is 34.0 Å². The second-order valence-corrected chi connectivity index (χ2v) is 7.77. The van der Waals surface area contributed by atoms with Crippen molar-refractivity contribution in [2.24, 2.45) is 0 Å². The molecule has 0 saturated carbocycles. The molecule has 154 valence electrons. The molecule has 4 rings (SSSR count). The van der Waals surface area contributed by atoms with Crippen LogP contribution >= 0.6 is 12.2 Å². The van der Waals surface area contributed by atoms with Gasteiger partial charge < -0.3 is 0 Å². The minimum absolute atomic E-state index is 0.205. The molecule has 7 nitrogen and oxygen atoms in total. The Morgan fingerprint density at radius 2 is 1.80 bits per heavy atom. The fraction of sp³-hybridized carbons (Fsp3) is 0.273. The van der Waals surface area contributed by atoms with Gasteiger partial charge in [0.05, 0.1) is 18.9 Å². The Kier molecular flexibility index (Phi) is 5.87. The lowest BCUT2D eigenvalue weighted by Crippen LogP contribution is -2.26. The quantitative estimate of drug-likeness (QED) is 0.424. The summed E-state index contributed by atoms with van der Waals surface area (Å²) in [4.78, 5) is 6.23. The van der Waals surface area contributed by atoms with Gasteiger partial charge in [-0.25, -0.2) is 14.3 Å². The van der Waals surface area contributed by atoms with Gasteiger partial charge in [0.2, 0.25) is 0 Å². The first-order chi connectivity index (χ1) is 14.5. The molecule has 0 amide bonds. The van der Waals surface area contributed by atoms with Crippen LogP contribution in [0.5, 0.6) is 0 Å². The highest BCUT2D eigenvalue weighted by Gasteiger charge is 2.15. The average molecular weight is 420 g/mol. The zero-order chi connectivity index (χ0) is 21.1. The summed E-state index contributed by atoms with van der Waals surface area (Å²) in [6.45, 7) is 5.53. The van der Waals surface area contributed by atoms with Crippen LogP contribution < -0.4 is 0 Å². The summed E-state index contributed by atoms with van der Waals surface area (Å²) in [5.41, 5.74) is 3.42. The van der Waals surface area contributed by atoms with Crippen molar-refractivity contribution in [2.45, 2.75) is 33.1 Å². The molecule has 0 radical (unpaired) electrons. The highest BCUT2D eigenvalue weighted by Crippen LogP contribution is 2.21. The largest absolute Gasteiger partial charge is 0.300 e. The lowest BCUT2D eigenvalue weighted by atomic mass is 10.1. The summed E-state index contributed by atoms with van der Waals surface area (Å²) >= 11 is 5.72. The fourth-order valence-corrected chi connectivity index (χ4v) is 3.72. The number of nitrogens with zero attached hydrogens (tertiary/aromatic N) is 7. The van der Waals surface area contributed by atoms with Crippen LogP contribution in [0.15, 0.2) is 67.3 Å². The summed E-state index contributed by atoms with van der Waals surface area (Å²) in [5, 5.41) is 8.86. The monoisotopic (exact) mass is 419 g/mol. The van der Waals surface area contributed by atoms with Gasteiger partial charge in [-0.1, -0.05) is 42.5 Å². The molecular formula is C22H25N7S. The van der Waals surface area contributed by atoms with Gasteiger partial charge in [-0.2, -0.15) is 10.2 Å². The van der Waals surface area contributed by atoms with Crippen LogP contribution in [0.25, 0.3) is 5.69 Å². The third kappa shape index (κ3) is 4.24. The topological polar surface area (TPSA) is 56.7 Å². The number of benzene rings is 2. The zero-order valence-electron chi connectivity index (χ0n) is 17.4. The molecule has 0 bridgehead atoms. The Hall–Kier alpha value is -3.10. The van der Waals surface area contributed by atoms with E-state index < -0.39 is 0 Å². The van der Waals surface area contributed by atoms with E-state index in [2.05, 4.69) is 75.0 Å². The standard InChI is InChI=1S/C22H25N7S/c1-17(20-9-11-21(12-10-20)28-15-23-14-24-28)26(3)16-29-22(30)27(18(2)25-29)13-19-7-5-4-6-8-19/h4-12,14-15,17H,13,16H2,1-3H3/t17-/m0/s1. The van der Waals surface area contributed by atoms with E-state index in [4.69, 9.17) is 12.2 Å². The molecule has 4 aromatic rings. The summed E-state index contributed by atoms with van der Waals surface area (Å²) in [5.74, 6) is 0.919. The highest BCUT2D eigenvalue weighted by molar-refractivity contribution is 7.71. The highest BCUT2D eigenvalue weighted by atomic mass is 32.1. The minimum atomic E-state index is 0.205. The van der Waals surface area contributed by atoms with Gasteiger partial charge >= 0.3 is 0 Å². The van der Waals surface area contributed by atoms with Crippen LogP contribution in [0, 0.1) is 11.7 Å². The lowest BCUT2D eigenvalue weighted by Gasteiger charge is -2.25. The molecule has 0 spiro atoms. The normalized spacial score (nSPS) is 12.4. The molecule has 0 unspecified atom stereocenters. The van der Waals surface area contributed by atoms with E-state index in [9.17, 15) is 0 Å². The Morgan fingerprint density at radius 1 is 1.07 bits per heavy atom. The molecule has 0 N–H and O–H groups in total. The molecule has 0 fully saturated rings. The van der Waals surface area contributed by atoms with E-state index in [-0.39, 0.29) is 6.04 Å². The minimum Gasteiger partial charge on any atom is -0.300 e. The van der Waals surface area contributed by atoms with Crippen LogP contribution in [0.4, 0.5) is 0 Å². The van der Waals surface area contributed by atoms with Crippen LogP contribution in [0.3, 0.4) is 0 Å². The maximum Gasteiger partial charge on any atom is 0.199 e. The fourth-order valence-electron chi connectivity index (χ4n) is 3.42. The van der Waals surface area contributed by atoms with Gasteiger partial charge in [0, 0.05) is 6.04 Å². The maximum atomic E-state index is 5.72. The van der Waals surface area contributed by atoms with Crippen molar-refractivity contribution < 1.29 is 0 Å². The maximum absolute atomic E-state index is 5.72. The van der Waals surface area contributed by atoms with Crippen LogP contribution in [0.2, 0.25) is 0 Å². The summed E-state index contributed by atoms with van der Waals surface area (Å²) in [6, 6.07) is 18.9. The van der Waals surface area contributed by atoms with Crippen molar-refractivity contribution in [3.05, 3.63) is 89.0 Å². The predicted molar refractivity (Wildman–Crippen MR) is 119 cm³/mol. The van der Waals surface area contributed by atoms with E-state index in [1.54, 1.807) is 11.0 Å². The van der Waals surface area contributed by atoms with Crippen molar-refractivity contribution in [3.8, 4) is 5.69 Å². The van der Waals surface area contributed by atoms with E-state index in [0.717, 1.165) is 22.8 Å². The Bertz CT molecular complexity index is 1140. The first-order valence-corrected chi connectivity index (χ1v) is 10.3. The predicted octanol–water partition coefficient (Wildman–Crippen LogP) is 4.00. The zero-order valence-corrected chi connectivity index (χ0v) is 18.2. The van der Waals surface area contributed by atoms with Gasteiger partial charge in [-0.3, -0.25) is 9.47 Å². The molecular weight excluding hydrogens is 394 g/mol. The first-order valence-electron chi connectivity index (χ1n) is 9.86. The Balaban J connectivity index is 1.47. The summed E-state index contributed by atoms with van der Waals surface area (Å²) in [7, 11) is 2.09. The van der Waals surface area contributed by atoms with E-state index >= 15 is 0 Å². The molecule has 30 heavy (non-hydrogen) atoms. The third-order valence-corrected chi connectivity index (χ3v) is 5.80. The Labute approximate surface area is 181 Å². The summed E-state index contributed by atoms with van der Waals surface area (Å²) < 4.78 is 6.46. The second kappa shape index (κ2) is 8.73. The molecule has 0 aliphatic carbocycles. The lowest BCUT2D eigenvalue weighted by molar-refractivity contribution is 0.194. The van der Waals surface area contributed by atoms with Crippen LogP contribution in [0.1, 0.15) is 29.9 Å². The van der Waals surface area contributed by atoms with Gasteiger partial charge in [-0.05, 0) is 56.4 Å². The molecule has 0 saturated heterocycles. The van der Waals surface area contributed by atoms with Gasteiger partial charge in [-0.15, -0.1) is 0 Å². The third-order valence-electron chi connectivity index (χ3n) is 5.37. The van der Waals surface area contributed by atoms with Crippen LogP contribution in [-0.2, 0) is 13.2 Å². The number of aryl methyl sites for hydroxylation is 1. The average Bonchev–Trinajstić information content (AvgIpc) is 3.39. The first kappa shape index (κ1) is 20.2. The molecule has 8 heteroatoms. The number of hydrogen-bond acceptors (Lipinski definition) is 5. The molecule has 2 aromatic heterocycles. The smallest absolute Gasteiger partial charge is 0.199 e. The van der Waals surface area contributed by atoms with Gasteiger partial charge in [0.1, 0.15) is 18.5 Å². The van der Waals surface area contributed by atoms with E-state index in [1.165, 1.54) is 17.5 Å². The van der Waals surface area contributed by atoms with Gasteiger partial charge in [0.25, 0.3) is 0 Å². The molecule has 1 atom stereocenters. The molecule has 0 aliphatic heterocycles. The van der Waals surface area contributed by atoms with Crippen LogP contribution in [-0.4, -0.2) is 41.1 Å². The molecule has 2 aromatic carbocycles. The van der Waals surface area contributed by atoms with Crippen molar-refractivity contribution >= 4 is 12.2 Å². The molecule has 0 aliphatic rings. The summed E-state index contributed by atoms with van der Waals surface area (Å²) in [6.07, 6.45) is 3.23. The van der Waals surface area contributed by atoms with Crippen molar-refractivity contribution in [3.63, 3.8) is 0 Å². The van der Waals surface area contributed by atoms with E-state index in [1.807, 2.05) is 29.8 Å². The number of rotatable bonds is 7.